The fraction of sp³-hybridized carbons (Fsp3) is 1.00. The lowest BCUT2D eigenvalue weighted by molar-refractivity contribution is -0.0177. The topological polar surface area (TPSA) is 27.7 Å². The van der Waals surface area contributed by atoms with Gasteiger partial charge in [0.2, 0.25) is 0 Å². The van der Waals surface area contributed by atoms with E-state index in [1.165, 1.54) is 0 Å². The van der Waals surface area contributed by atoms with Crippen molar-refractivity contribution in [1.82, 2.24) is 0 Å². The monoisotopic (exact) mass is 260 g/mol. The molecule has 0 N–H and O–H groups in total. The molecule has 1 atom stereocenters. The zero-order valence-corrected chi connectivity index (χ0v) is 12.9. The third-order valence-electron chi connectivity index (χ3n) is 2.35. The molecule has 0 aromatic heterocycles. The van der Waals surface area contributed by atoms with Gasteiger partial charge in [0.15, 0.2) is 0 Å². The Morgan fingerprint density at radius 2 is 1.17 bits per heavy atom. The number of rotatable bonds is 12. The van der Waals surface area contributed by atoms with E-state index in [4.69, 9.17) is 14.2 Å². The van der Waals surface area contributed by atoms with Crippen molar-refractivity contribution in [3.63, 3.8) is 0 Å². The molecule has 0 aromatic rings. The molecule has 0 bridgehead atoms. The predicted octanol–water partition coefficient (Wildman–Crippen LogP) is 3.52. The summed E-state index contributed by atoms with van der Waals surface area (Å²) in [4.78, 5) is 0. The maximum atomic E-state index is 5.63. The van der Waals surface area contributed by atoms with E-state index >= 15 is 0 Å². The highest BCUT2D eigenvalue weighted by molar-refractivity contribution is 4.50. The van der Waals surface area contributed by atoms with Crippen molar-refractivity contribution in [3.8, 4) is 0 Å². The molecule has 0 spiro atoms. The minimum atomic E-state index is 0.199. The fourth-order valence-electron chi connectivity index (χ4n) is 1.38. The second kappa shape index (κ2) is 11.9. The predicted molar refractivity (Wildman–Crippen MR) is 76.0 cm³/mol. The number of hydrogen-bond donors (Lipinski definition) is 0. The summed E-state index contributed by atoms with van der Waals surface area (Å²) >= 11 is 0. The minimum absolute atomic E-state index is 0.199. The molecule has 0 heterocycles. The van der Waals surface area contributed by atoms with Crippen LogP contribution in [0.25, 0.3) is 0 Å². The zero-order valence-electron chi connectivity index (χ0n) is 12.9. The molecule has 3 heteroatoms. The summed E-state index contributed by atoms with van der Waals surface area (Å²) in [5, 5.41) is 0. The van der Waals surface area contributed by atoms with E-state index in [9.17, 15) is 0 Å². The Kier molecular flexibility index (Phi) is 11.9. The van der Waals surface area contributed by atoms with Crippen molar-refractivity contribution in [2.24, 2.45) is 11.8 Å². The summed E-state index contributed by atoms with van der Waals surface area (Å²) in [5.41, 5.74) is 0. The van der Waals surface area contributed by atoms with Gasteiger partial charge in [0.25, 0.3) is 0 Å². The van der Waals surface area contributed by atoms with Crippen LogP contribution in [-0.4, -0.2) is 39.1 Å². The molecule has 0 radical (unpaired) electrons. The second-order valence-corrected chi connectivity index (χ2v) is 5.79. The highest BCUT2D eigenvalue weighted by Crippen LogP contribution is 2.00. The molecule has 0 aliphatic rings. The van der Waals surface area contributed by atoms with E-state index in [2.05, 4.69) is 34.6 Å². The molecule has 110 valence electrons. The molecule has 3 nitrogen and oxygen atoms in total. The largest absolute Gasteiger partial charge is 0.381 e. The smallest absolute Gasteiger partial charge is 0.0780 e. The average molecular weight is 260 g/mol. The highest BCUT2D eigenvalue weighted by Gasteiger charge is 2.03. The summed E-state index contributed by atoms with van der Waals surface area (Å²) < 4.78 is 16.7. The molecule has 0 aliphatic carbocycles. The van der Waals surface area contributed by atoms with Gasteiger partial charge in [0, 0.05) is 26.4 Å². The molecular weight excluding hydrogens is 228 g/mol. The van der Waals surface area contributed by atoms with Crippen molar-refractivity contribution in [3.05, 3.63) is 0 Å². The first kappa shape index (κ1) is 17.9. The van der Waals surface area contributed by atoms with Gasteiger partial charge in [0.1, 0.15) is 0 Å². The van der Waals surface area contributed by atoms with Gasteiger partial charge in [-0.2, -0.15) is 0 Å². The zero-order chi connectivity index (χ0) is 13.8. The Bertz CT molecular complexity index is 169. The van der Waals surface area contributed by atoms with E-state index in [1.54, 1.807) is 0 Å². The lowest BCUT2D eigenvalue weighted by atomic mass is 10.2. The van der Waals surface area contributed by atoms with Crippen LogP contribution in [0.15, 0.2) is 0 Å². The molecule has 0 rings (SSSR count). The Labute approximate surface area is 113 Å². The second-order valence-electron chi connectivity index (χ2n) is 5.79. The van der Waals surface area contributed by atoms with E-state index < -0.39 is 0 Å². The summed E-state index contributed by atoms with van der Waals surface area (Å²) in [6.07, 6.45) is 2.34. The Morgan fingerprint density at radius 1 is 0.667 bits per heavy atom. The van der Waals surface area contributed by atoms with E-state index in [-0.39, 0.29) is 6.10 Å². The molecule has 0 fully saturated rings. The summed E-state index contributed by atoms with van der Waals surface area (Å²) in [6.45, 7) is 14.7. The summed E-state index contributed by atoms with van der Waals surface area (Å²) in [7, 11) is 0. The van der Waals surface area contributed by atoms with E-state index in [1.807, 2.05) is 0 Å². The first-order valence-electron chi connectivity index (χ1n) is 7.29. The molecule has 0 aromatic carbocycles. The van der Waals surface area contributed by atoms with Crippen molar-refractivity contribution in [1.29, 1.82) is 0 Å². The highest BCUT2D eigenvalue weighted by atomic mass is 16.5. The van der Waals surface area contributed by atoms with Crippen LogP contribution in [0.5, 0.6) is 0 Å². The van der Waals surface area contributed by atoms with Crippen molar-refractivity contribution >= 4 is 0 Å². The van der Waals surface area contributed by atoms with Crippen LogP contribution < -0.4 is 0 Å². The van der Waals surface area contributed by atoms with Crippen molar-refractivity contribution in [2.45, 2.75) is 53.6 Å². The van der Waals surface area contributed by atoms with Gasteiger partial charge in [-0.15, -0.1) is 0 Å². The first-order valence-corrected chi connectivity index (χ1v) is 7.29. The normalized spacial score (nSPS) is 13.5. The Balaban J connectivity index is 3.15. The number of ether oxygens (including phenoxy) is 3. The molecule has 18 heavy (non-hydrogen) atoms. The standard InChI is InChI=1S/C15H32O3/c1-13(2)10-16-8-6-7-9-17-12-15(5)18-11-14(3)4/h13-15H,6-12H2,1-5H3. The summed E-state index contributed by atoms with van der Waals surface area (Å²) in [6, 6.07) is 0. The van der Waals surface area contributed by atoms with Crippen LogP contribution in [0.1, 0.15) is 47.5 Å². The maximum absolute atomic E-state index is 5.63. The van der Waals surface area contributed by atoms with Gasteiger partial charge in [-0.3, -0.25) is 0 Å². The first-order chi connectivity index (χ1) is 8.52. The molecule has 0 aliphatic heterocycles. The molecular formula is C15H32O3. The quantitative estimate of drug-likeness (QED) is 0.503. The number of unbranched alkanes of at least 4 members (excludes halogenated alkanes) is 1. The van der Waals surface area contributed by atoms with Crippen LogP contribution in [0.2, 0.25) is 0 Å². The van der Waals surface area contributed by atoms with Gasteiger partial charge >= 0.3 is 0 Å². The molecule has 0 saturated heterocycles. The lowest BCUT2D eigenvalue weighted by Gasteiger charge is -2.15. The van der Waals surface area contributed by atoms with Crippen LogP contribution in [-0.2, 0) is 14.2 Å². The third kappa shape index (κ3) is 13.9. The maximum Gasteiger partial charge on any atom is 0.0780 e. The average Bonchev–Trinajstić information content (AvgIpc) is 2.29. The van der Waals surface area contributed by atoms with Gasteiger partial charge < -0.3 is 14.2 Å². The lowest BCUT2D eigenvalue weighted by Crippen LogP contribution is -2.19. The molecule has 0 amide bonds. The van der Waals surface area contributed by atoms with Gasteiger partial charge in [-0.25, -0.2) is 0 Å². The fourth-order valence-corrected chi connectivity index (χ4v) is 1.38. The van der Waals surface area contributed by atoms with Crippen molar-refractivity contribution in [2.75, 3.05) is 33.0 Å². The molecule has 1 unspecified atom stereocenters. The van der Waals surface area contributed by atoms with E-state index in [0.717, 1.165) is 39.3 Å². The molecule has 0 saturated carbocycles. The van der Waals surface area contributed by atoms with Gasteiger partial charge in [-0.1, -0.05) is 27.7 Å². The Hall–Kier alpha value is -0.120. The van der Waals surface area contributed by atoms with Crippen LogP contribution in [0.4, 0.5) is 0 Å². The van der Waals surface area contributed by atoms with Crippen LogP contribution in [0, 0.1) is 11.8 Å². The number of hydrogen-bond acceptors (Lipinski definition) is 3. The van der Waals surface area contributed by atoms with Gasteiger partial charge in [-0.05, 0) is 31.6 Å². The third-order valence-corrected chi connectivity index (χ3v) is 2.35. The van der Waals surface area contributed by atoms with Gasteiger partial charge in [0.05, 0.1) is 12.7 Å². The SMILES string of the molecule is CC(C)COCCCCOCC(C)OCC(C)C. The Morgan fingerprint density at radius 3 is 1.67 bits per heavy atom. The van der Waals surface area contributed by atoms with Crippen molar-refractivity contribution < 1.29 is 14.2 Å². The summed E-state index contributed by atoms with van der Waals surface area (Å²) in [5.74, 6) is 1.21. The minimum Gasteiger partial charge on any atom is -0.381 e. The van der Waals surface area contributed by atoms with Crippen LogP contribution >= 0.6 is 0 Å². The van der Waals surface area contributed by atoms with Crippen LogP contribution in [0.3, 0.4) is 0 Å². The van der Waals surface area contributed by atoms with E-state index in [0.29, 0.717) is 18.4 Å².